The molecule has 0 saturated carbocycles. The summed E-state index contributed by atoms with van der Waals surface area (Å²) in [4.78, 5) is 4.38. The molecule has 3 aromatic rings. The Balaban J connectivity index is 1.98. The predicted octanol–water partition coefficient (Wildman–Crippen LogP) is 1.98. The molecule has 1 unspecified atom stereocenters. The molecule has 3 rings (SSSR count). The minimum Gasteiger partial charge on any atom is -0.321 e. The lowest BCUT2D eigenvalue weighted by atomic mass is 10.1. The normalized spacial score (nSPS) is 12.8. The molecule has 2 aromatic heterocycles. The van der Waals surface area contributed by atoms with Gasteiger partial charge in [-0.15, -0.1) is 10.2 Å². The number of hydrogen-bond acceptors (Lipinski definition) is 4. The maximum Gasteiger partial charge on any atom is 0.255 e. The van der Waals surface area contributed by atoms with Crippen LogP contribution in [0.15, 0.2) is 36.4 Å². The molecule has 0 aliphatic heterocycles. The van der Waals surface area contributed by atoms with Crippen LogP contribution >= 0.6 is 0 Å². The van der Waals surface area contributed by atoms with E-state index < -0.39 is 0 Å². The fourth-order valence-electron chi connectivity index (χ4n) is 2.45. The van der Waals surface area contributed by atoms with Gasteiger partial charge in [-0.05, 0) is 31.9 Å². The molecular formula is C15H17N5. The van der Waals surface area contributed by atoms with Gasteiger partial charge in [0.15, 0.2) is 5.82 Å². The number of nitrogens with zero attached hydrogens (tertiary/aromatic N) is 4. The Hall–Kier alpha value is -2.27. The highest BCUT2D eigenvalue weighted by Crippen LogP contribution is 2.17. The number of fused-ring (bicyclic) bond motifs is 1. The average molecular weight is 267 g/mol. The van der Waals surface area contributed by atoms with E-state index in [-0.39, 0.29) is 6.04 Å². The summed E-state index contributed by atoms with van der Waals surface area (Å²) in [5.41, 5.74) is 9.47. The second-order valence-corrected chi connectivity index (χ2v) is 5.03. The van der Waals surface area contributed by atoms with Gasteiger partial charge in [0, 0.05) is 11.4 Å². The van der Waals surface area contributed by atoms with Crippen LogP contribution in [0.25, 0.3) is 5.78 Å². The number of benzene rings is 1. The summed E-state index contributed by atoms with van der Waals surface area (Å²) >= 11 is 0. The molecule has 2 N–H and O–H groups in total. The molecule has 0 spiro atoms. The highest BCUT2D eigenvalue weighted by atomic mass is 15.3. The van der Waals surface area contributed by atoms with Crippen LogP contribution in [-0.2, 0) is 6.42 Å². The minimum absolute atomic E-state index is 0.199. The summed E-state index contributed by atoms with van der Waals surface area (Å²) < 4.78 is 1.93. The molecule has 5 nitrogen and oxygen atoms in total. The van der Waals surface area contributed by atoms with E-state index in [1.165, 1.54) is 5.56 Å². The Morgan fingerprint density at radius 1 is 1.15 bits per heavy atom. The third kappa shape index (κ3) is 2.28. The summed E-state index contributed by atoms with van der Waals surface area (Å²) in [6, 6.07) is 12.0. The molecule has 0 aliphatic rings. The monoisotopic (exact) mass is 267 g/mol. The molecule has 0 bridgehead atoms. The van der Waals surface area contributed by atoms with E-state index in [9.17, 15) is 0 Å². The van der Waals surface area contributed by atoms with Gasteiger partial charge >= 0.3 is 0 Å². The van der Waals surface area contributed by atoms with E-state index in [0.29, 0.717) is 5.78 Å². The average Bonchev–Trinajstić information content (AvgIpc) is 2.84. The Morgan fingerprint density at radius 3 is 2.65 bits per heavy atom. The summed E-state index contributed by atoms with van der Waals surface area (Å²) in [5.74, 6) is 1.37. The van der Waals surface area contributed by atoms with Crippen molar-refractivity contribution in [2.24, 2.45) is 5.73 Å². The molecular weight excluding hydrogens is 250 g/mol. The van der Waals surface area contributed by atoms with Gasteiger partial charge in [-0.1, -0.05) is 30.3 Å². The first kappa shape index (κ1) is 12.7. The molecule has 0 amide bonds. The number of rotatable bonds is 3. The van der Waals surface area contributed by atoms with Crippen LogP contribution in [0.5, 0.6) is 0 Å². The quantitative estimate of drug-likeness (QED) is 0.788. The van der Waals surface area contributed by atoms with Gasteiger partial charge in [0.05, 0.1) is 6.04 Å². The Kier molecular flexibility index (Phi) is 3.20. The van der Waals surface area contributed by atoms with E-state index in [1.807, 2.05) is 42.5 Å². The molecule has 102 valence electrons. The first-order chi connectivity index (χ1) is 9.65. The first-order valence-electron chi connectivity index (χ1n) is 6.64. The molecule has 0 aliphatic carbocycles. The number of aryl methyl sites for hydroxylation is 2. The summed E-state index contributed by atoms with van der Waals surface area (Å²) in [7, 11) is 0. The van der Waals surface area contributed by atoms with Crippen molar-refractivity contribution < 1.29 is 0 Å². The molecule has 20 heavy (non-hydrogen) atoms. The molecule has 0 radical (unpaired) electrons. The van der Waals surface area contributed by atoms with Gasteiger partial charge in [0.25, 0.3) is 5.78 Å². The SMILES string of the molecule is Cc1cc(C)n2c(C(N)Cc3ccccc3)nnc2n1. The van der Waals surface area contributed by atoms with E-state index in [1.54, 1.807) is 0 Å². The fourth-order valence-corrected chi connectivity index (χ4v) is 2.45. The van der Waals surface area contributed by atoms with Crippen LogP contribution in [0.1, 0.15) is 28.8 Å². The van der Waals surface area contributed by atoms with Crippen LogP contribution in [-0.4, -0.2) is 19.6 Å². The number of nitrogens with two attached hydrogens (primary N) is 1. The third-order valence-electron chi connectivity index (χ3n) is 3.35. The lowest BCUT2D eigenvalue weighted by molar-refractivity contribution is 0.654. The van der Waals surface area contributed by atoms with Gasteiger partial charge in [-0.3, -0.25) is 4.40 Å². The highest BCUT2D eigenvalue weighted by molar-refractivity contribution is 5.33. The van der Waals surface area contributed by atoms with Crippen molar-refractivity contribution in [3.63, 3.8) is 0 Å². The molecule has 1 atom stereocenters. The van der Waals surface area contributed by atoms with Crippen molar-refractivity contribution >= 4 is 5.78 Å². The minimum atomic E-state index is -0.199. The largest absolute Gasteiger partial charge is 0.321 e. The summed E-state index contributed by atoms with van der Waals surface area (Å²) in [6.45, 7) is 3.97. The van der Waals surface area contributed by atoms with Crippen molar-refractivity contribution in [2.45, 2.75) is 26.3 Å². The van der Waals surface area contributed by atoms with E-state index in [0.717, 1.165) is 23.6 Å². The zero-order valence-electron chi connectivity index (χ0n) is 11.6. The predicted molar refractivity (Wildman–Crippen MR) is 77.3 cm³/mol. The zero-order chi connectivity index (χ0) is 14.1. The van der Waals surface area contributed by atoms with E-state index >= 15 is 0 Å². The Labute approximate surface area is 117 Å². The van der Waals surface area contributed by atoms with Crippen LogP contribution in [0.4, 0.5) is 0 Å². The highest BCUT2D eigenvalue weighted by Gasteiger charge is 2.16. The van der Waals surface area contributed by atoms with E-state index in [4.69, 9.17) is 5.73 Å². The van der Waals surface area contributed by atoms with Gasteiger partial charge in [-0.2, -0.15) is 0 Å². The molecule has 1 aromatic carbocycles. The molecule has 0 saturated heterocycles. The zero-order valence-corrected chi connectivity index (χ0v) is 11.6. The lowest BCUT2D eigenvalue weighted by Gasteiger charge is -2.11. The summed E-state index contributed by atoms with van der Waals surface area (Å²) in [6.07, 6.45) is 0.731. The van der Waals surface area contributed by atoms with Crippen molar-refractivity contribution in [1.82, 2.24) is 19.6 Å². The van der Waals surface area contributed by atoms with Gasteiger partial charge in [0.1, 0.15) is 0 Å². The molecule has 2 heterocycles. The topological polar surface area (TPSA) is 69.1 Å². The van der Waals surface area contributed by atoms with Gasteiger partial charge < -0.3 is 5.73 Å². The van der Waals surface area contributed by atoms with Crippen LogP contribution in [0.3, 0.4) is 0 Å². The van der Waals surface area contributed by atoms with Gasteiger partial charge in [-0.25, -0.2) is 4.98 Å². The standard InChI is InChI=1S/C15H17N5/c1-10-8-11(2)20-14(18-19-15(20)17-10)13(16)9-12-6-4-3-5-7-12/h3-8,13H,9,16H2,1-2H3. The third-order valence-corrected chi connectivity index (χ3v) is 3.35. The smallest absolute Gasteiger partial charge is 0.255 e. The van der Waals surface area contributed by atoms with Crippen molar-refractivity contribution in [1.29, 1.82) is 0 Å². The van der Waals surface area contributed by atoms with Crippen molar-refractivity contribution in [3.8, 4) is 0 Å². The second-order valence-electron chi connectivity index (χ2n) is 5.03. The first-order valence-corrected chi connectivity index (χ1v) is 6.64. The second kappa shape index (κ2) is 5.02. The van der Waals surface area contributed by atoms with Gasteiger partial charge in [0.2, 0.25) is 0 Å². The molecule has 0 fully saturated rings. The van der Waals surface area contributed by atoms with Crippen LogP contribution < -0.4 is 5.73 Å². The van der Waals surface area contributed by atoms with E-state index in [2.05, 4.69) is 27.3 Å². The Morgan fingerprint density at radius 2 is 1.90 bits per heavy atom. The fraction of sp³-hybridized carbons (Fsp3) is 0.267. The molecule has 5 heteroatoms. The van der Waals surface area contributed by atoms with Crippen LogP contribution in [0.2, 0.25) is 0 Å². The maximum absolute atomic E-state index is 6.29. The summed E-state index contributed by atoms with van der Waals surface area (Å²) in [5, 5.41) is 8.34. The maximum atomic E-state index is 6.29. The Bertz CT molecular complexity index is 733. The van der Waals surface area contributed by atoms with Crippen molar-refractivity contribution in [2.75, 3.05) is 0 Å². The van der Waals surface area contributed by atoms with Crippen LogP contribution in [0, 0.1) is 13.8 Å². The number of hydrogen-bond donors (Lipinski definition) is 1. The lowest BCUT2D eigenvalue weighted by Crippen LogP contribution is -2.17. The van der Waals surface area contributed by atoms with Crippen molar-refractivity contribution in [3.05, 3.63) is 59.2 Å². The number of aromatic nitrogens is 4.